The van der Waals surface area contributed by atoms with Gasteiger partial charge in [-0.15, -0.1) is 0 Å². The van der Waals surface area contributed by atoms with Crippen LogP contribution in [0.1, 0.15) is 12.5 Å². The molecule has 0 aliphatic rings. The minimum absolute atomic E-state index is 0.0372. The van der Waals surface area contributed by atoms with Gasteiger partial charge in [-0.05, 0) is 18.6 Å². The summed E-state index contributed by atoms with van der Waals surface area (Å²) in [6.07, 6.45) is -3.25. The number of halogens is 3. The van der Waals surface area contributed by atoms with Crippen LogP contribution >= 0.6 is 0 Å². The summed E-state index contributed by atoms with van der Waals surface area (Å²) in [6, 6.07) is 8.64. The number of allylic oxidation sites excluding steroid dienone is 1. The van der Waals surface area contributed by atoms with E-state index >= 15 is 0 Å². The Morgan fingerprint density at radius 2 is 1.94 bits per heavy atom. The molecule has 0 amide bonds. The smallest absolute Gasteiger partial charge is 0.457 e. The monoisotopic (exact) mass is 228 g/mol. The molecular weight excluding hydrogens is 217 g/mol. The minimum atomic E-state index is -4.50. The van der Waals surface area contributed by atoms with E-state index in [0.717, 1.165) is 0 Å². The van der Waals surface area contributed by atoms with Gasteiger partial charge in [0.05, 0.1) is 6.61 Å². The van der Waals surface area contributed by atoms with Crippen molar-refractivity contribution in [2.45, 2.75) is 13.1 Å². The normalized spacial score (nSPS) is 10.5. The fourth-order valence-corrected chi connectivity index (χ4v) is 1.05. The van der Waals surface area contributed by atoms with Crippen molar-refractivity contribution >= 4 is 6.08 Å². The average Bonchev–Trinajstić information content (AvgIpc) is 2.24. The predicted molar refractivity (Wildman–Crippen MR) is 55.6 cm³/mol. The van der Waals surface area contributed by atoms with Crippen LogP contribution in [-0.4, -0.2) is 12.8 Å². The third kappa shape index (κ3) is 3.83. The first-order valence-electron chi connectivity index (χ1n) is 4.75. The first-order chi connectivity index (χ1) is 7.54. The molecule has 0 fully saturated rings. The lowest BCUT2D eigenvalue weighted by atomic mass is 10.2. The van der Waals surface area contributed by atoms with Gasteiger partial charge >= 0.3 is 6.18 Å². The Balaban J connectivity index is 2.98. The second kappa shape index (κ2) is 5.42. The third-order valence-electron chi connectivity index (χ3n) is 1.72. The van der Waals surface area contributed by atoms with Gasteiger partial charge in [0.25, 0.3) is 0 Å². The zero-order valence-electron chi connectivity index (χ0n) is 8.71. The van der Waals surface area contributed by atoms with E-state index in [0.29, 0.717) is 5.56 Å². The molecule has 1 aromatic carbocycles. The molecule has 4 heteroatoms. The molecule has 86 valence electrons. The number of hydrogen-bond acceptors (Lipinski definition) is 1. The van der Waals surface area contributed by atoms with Crippen molar-refractivity contribution in [3.8, 4) is 0 Å². The molecule has 0 unspecified atom stereocenters. The van der Waals surface area contributed by atoms with E-state index in [1.165, 1.54) is 13.0 Å². The molecule has 0 bridgehead atoms. The van der Waals surface area contributed by atoms with Gasteiger partial charge in [-0.2, -0.15) is 13.2 Å². The molecule has 0 saturated heterocycles. The van der Waals surface area contributed by atoms with Crippen molar-refractivity contribution in [2.75, 3.05) is 6.61 Å². The van der Waals surface area contributed by atoms with Crippen LogP contribution in [0.5, 0.6) is 0 Å². The summed E-state index contributed by atoms with van der Waals surface area (Å²) >= 11 is 0. The van der Waals surface area contributed by atoms with E-state index in [2.05, 4.69) is 10.5 Å². The summed E-state index contributed by atoms with van der Waals surface area (Å²) in [6.45, 7) is 1.46. The van der Waals surface area contributed by atoms with Crippen molar-refractivity contribution in [1.82, 2.24) is 0 Å². The Morgan fingerprint density at radius 1 is 1.31 bits per heavy atom. The highest BCUT2D eigenvalue weighted by molar-refractivity contribution is 5.48. The van der Waals surface area contributed by atoms with Gasteiger partial charge in [0.2, 0.25) is 5.76 Å². The summed E-state index contributed by atoms with van der Waals surface area (Å²) in [7, 11) is 0. The topological polar surface area (TPSA) is 9.23 Å². The highest BCUT2D eigenvalue weighted by atomic mass is 19.4. The van der Waals surface area contributed by atoms with Gasteiger partial charge in [0, 0.05) is 0 Å². The van der Waals surface area contributed by atoms with E-state index in [9.17, 15) is 13.2 Å². The van der Waals surface area contributed by atoms with Gasteiger partial charge in [0.1, 0.15) is 0 Å². The summed E-state index contributed by atoms with van der Waals surface area (Å²) in [4.78, 5) is 0. The van der Waals surface area contributed by atoms with Gasteiger partial charge in [-0.1, -0.05) is 36.1 Å². The Hall–Kier alpha value is -1.67. The summed E-state index contributed by atoms with van der Waals surface area (Å²) in [5.41, 5.74) is 2.76. The van der Waals surface area contributed by atoms with E-state index in [-0.39, 0.29) is 6.61 Å². The number of hydrogen-bond donors (Lipinski definition) is 0. The molecule has 0 heterocycles. The predicted octanol–water partition coefficient (Wildman–Crippen LogP) is 3.78. The van der Waals surface area contributed by atoms with E-state index in [1.807, 2.05) is 0 Å². The standard InChI is InChI=1S/C12H11F3O/c1-2-16-11(12(13,14)15)9-8-10-6-4-3-5-7-10/h3-8H,2H2,1H3. The third-order valence-corrected chi connectivity index (χ3v) is 1.72. The largest absolute Gasteiger partial charge is 0.482 e. The molecule has 0 radical (unpaired) electrons. The fourth-order valence-electron chi connectivity index (χ4n) is 1.05. The highest BCUT2D eigenvalue weighted by Crippen LogP contribution is 2.25. The van der Waals surface area contributed by atoms with Crippen molar-refractivity contribution < 1.29 is 17.9 Å². The molecule has 1 rings (SSSR count). The van der Waals surface area contributed by atoms with Crippen LogP contribution in [0.15, 0.2) is 41.8 Å². The quantitative estimate of drug-likeness (QED) is 0.565. The maximum atomic E-state index is 12.4. The molecule has 0 N–H and O–H groups in total. The van der Waals surface area contributed by atoms with Crippen LogP contribution in [0, 0.1) is 0 Å². The van der Waals surface area contributed by atoms with Crippen LogP contribution in [0.2, 0.25) is 0 Å². The van der Waals surface area contributed by atoms with Crippen LogP contribution in [0.4, 0.5) is 13.2 Å². The molecule has 0 aliphatic heterocycles. The molecule has 0 atom stereocenters. The Bertz CT molecular complexity index is 386. The van der Waals surface area contributed by atoms with E-state index in [1.54, 1.807) is 30.3 Å². The van der Waals surface area contributed by atoms with Crippen LogP contribution < -0.4 is 0 Å². The van der Waals surface area contributed by atoms with Crippen LogP contribution in [0.3, 0.4) is 0 Å². The molecule has 0 spiro atoms. The molecule has 16 heavy (non-hydrogen) atoms. The van der Waals surface area contributed by atoms with Gasteiger partial charge < -0.3 is 4.74 Å². The molecule has 1 nitrogen and oxygen atoms in total. The zero-order chi connectivity index (χ0) is 12.0. The lowest BCUT2D eigenvalue weighted by Crippen LogP contribution is -2.13. The highest BCUT2D eigenvalue weighted by Gasteiger charge is 2.35. The lowest BCUT2D eigenvalue weighted by molar-refractivity contribution is -0.129. The minimum Gasteiger partial charge on any atom is -0.482 e. The molecule has 0 aromatic heterocycles. The molecule has 1 aromatic rings. The maximum absolute atomic E-state index is 12.4. The number of benzene rings is 1. The maximum Gasteiger partial charge on any atom is 0.457 e. The number of ether oxygens (including phenoxy) is 1. The van der Waals surface area contributed by atoms with E-state index in [4.69, 9.17) is 0 Å². The van der Waals surface area contributed by atoms with Crippen molar-refractivity contribution in [1.29, 1.82) is 0 Å². The van der Waals surface area contributed by atoms with Crippen molar-refractivity contribution in [3.63, 3.8) is 0 Å². The summed E-state index contributed by atoms with van der Waals surface area (Å²) in [5.74, 6) is -1.10. The first kappa shape index (κ1) is 12.4. The number of alkyl halides is 3. The van der Waals surface area contributed by atoms with Gasteiger partial charge in [-0.25, -0.2) is 0 Å². The van der Waals surface area contributed by atoms with Crippen LogP contribution in [0.25, 0.3) is 6.08 Å². The van der Waals surface area contributed by atoms with Gasteiger partial charge in [-0.3, -0.25) is 0 Å². The molecule has 0 aliphatic carbocycles. The second-order valence-electron chi connectivity index (χ2n) is 2.96. The van der Waals surface area contributed by atoms with Crippen molar-refractivity contribution in [2.24, 2.45) is 0 Å². The van der Waals surface area contributed by atoms with Gasteiger partial charge in [0.15, 0.2) is 0 Å². The Labute approximate surface area is 91.9 Å². The van der Waals surface area contributed by atoms with E-state index < -0.39 is 11.9 Å². The summed E-state index contributed by atoms with van der Waals surface area (Å²) in [5, 5.41) is 0. The molecule has 0 saturated carbocycles. The average molecular weight is 228 g/mol. The lowest BCUT2D eigenvalue weighted by Gasteiger charge is -2.08. The number of rotatable bonds is 3. The van der Waals surface area contributed by atoms with Crippen molar-refractivity contribution in [3.05, 3.63) is 47.4 Å². The Kier molecular flexibility index (Phi) is 4.20. The second-order valence-corrected chi connectivity index (χ2v) is 2.96. The van der Waals surface area contributed by atoms with Crippen LogP contribution in [-0.2, 0) is 4.74 Å². The molecular formula is C12H11F3O. The first-order valence-corrected chi connectivity index (χ1v) is 4.75. The zero-order valence-corrected chi connectivity index (χ0v) is 8.71. The SMILES string of the molecule is CCOC(=C=Cc1ccccc1)C(F)(F)F. The fraction of sp³-hybridized carbons (Fsp3) is 0.250. The Morgan fingerprint density at radius 3 is 2.44 bits per heavy atom. The summed E-state index contributed by atoms with van der Waals surface area (Å²) < 4.78 is 41.6.